The molecule has 28 nitrogen and oxygen atoms in total. The molecule has 4 atom stereocenters. The lowest BCUT2D eigenvalue weighted by atomic mass is 10.1. The normalized spacial score (nSPS) is 11.9. The van der Waals surface area contributed by atoms with Gasteiger partial charge in [-0.05, 0) is 74.1 Å². The summed E-state index contributed by atoms with van der Waals surface area (Å²) < 4.78 is 9.49. The molecular weight excluding hydrogens is 1030 g/mol. The molecule has 0 saturated carbocycles. The summed E-state index contributed by atoms with van der Waals surface area (Å²) >= 11 is 3.00. The molecule has 0 bridgehead atoms. The van der Waals surface area contributed by atoms with Crippen molar-refractivity contribution in [1.29, 1.82) is 0 Å². The Morgan fingerprint density at radius 1 is 0.534 bits per heavy atom. The number of hydroxylamine groups is 2. The maximum atomic E-state index is 11.4. The molecule has 0 rings (SSSR count). The number of amides is 10. The van der Waals surface area contributed by atoms with Crippen LogP contribution in [0.25, 0.3) is 0 Å². The summed E-state index contributed by atoms with van der Waals surface area (Å²) in [5.41, 5.74) is 2.16. The molecule has 13 N–H and O–H groups in total. The third kappa shape index (κ3) is 55.3. The van der Waals surface area contributed by atoms with Crippen LogP contribution in [0.5, 0.6) is 0 Å². The Kier molecular flexibility index (Phi) is 49.1. The number of carbonyl (C=O) groups is 10. The van der Waals surface area contributed by atoms with E-state index in [2.05, 4.69) is 88.8 Å². The zero-order chi connectivity index (χ0) is 57.6. The van der Waals surface area contributed by atoms with Gasteiger partial charge in [-0.25, -0.2) is 21.0 Å². The smallest absolute Gasteiger partial charge is 0.431 e. The third-order valence-electron chi connectivity index (χ3n) is 8.39. The van der Waals surface area contributed by atoms with Crippen LogP contribution in [-0.2, 0) is 62.3 Å². The van der Waals surface area contributed by atoms with Gasteiger partial charge in [0.25, 0.3) is 5.91 Å². The Labute approximate surface area is 438 Å². The number of hydrogen-bond acceptors (Lipinski definition) is 18. The first-order valence-corrected chi connectivity index (χ1v) is 24.5. The summed E-state index contributed by atoms with van der Waals surface area (Å²) in [6.45, 7) is 26.6. The predicted molar refractivity (Wildman–Crippen MR) is 273 cm³/mol. The van der Waals surface area contributed by atoms with Gasteiger partial charge < -0.3 is 56.8 Å². The molecular formula is C44H87BrN12O16. The number of nitrogens with two attached hydrogens (primary N) is 1. The second kappa shape index (κ2) is 47.1. The van der Waals surface area contributed by atoms with Crippen molar-refractivity contribution in [2.24, 2.45) is 34.7 Å². The van der Waals surface area contributed by atoms with Crippen LogP contribution in [0.15, 0.2) is 5.16 Å². The largest absolute Gasteiger partial charge is 0.442 e. The van der Waals surface area contributed by atoms with E-state index in [1.54, 1.807) is 55.4 Å². The van der Waals surface area contributed by atoms with E-state index in [0.717, 1.165) is 25.7 Å². The van der Waals surface area contributed by atoms with Crippen LogP contribution < -0.4 is 59.4 Å². The van der Waals surface area contributed by atoms with Crippen molar-refractivity contribution in [2.75, 3.05) is 51.8 Å². The molecule has 0 heterocycles. The van der Waals surface area contributed by atoms with E-state index < -0.39 is 29.3 Å². The van der Waals surface area contributed by atoms with E-state index in [0.29, 0.717) is 0 Å². The molecule has 29 heteroatoms. The van der Waals surface area contributed by atoms with Crippen molar-refractivity contribution in [3.8, 4) is 0 Å². The van der Waals surface area contributed by atoms with E-state index in [1.807, 2.05) is 53.9 Å². The Bertz CT molecular complexity index is 1630. The number of oxime groups is 1. The molecule has 0 aromatic rings. The summed E-state index contributed by atoms with van der Waals surface area (Å²) in [5.74, 6) is 2.87. The maximum absolute atomic E-state index is 11.4. The van der Waals surface area contributed by atoms with Crippen molar-refractivity contribution < 1.29 is 77.1 Å². The number of nitrogens with one attached hydrogen (secondary N) is 10. The fourth-order valence-corrected chi connectivity index (χ4v) is 3.76. The maximum Gasteiger partial charge on any atom is 0.431 e. The van der Waals surface area contributed by atoms with Gasteiger partial charge in [0.05, 0.1) is 32.0 Å². The van der Waals surface area contributed by atoms with Crippen LogP contribution in [0.2, 0.25) is 0 Å². The van der Waals surface area contributed by atoms with Crippen LogP contribution in [0.3, 0.4) is 0 Å². The summed E-state index contributed by atoms with van der Waals surface area (Å²) in [6, 6.07) is 0. The van der Waals surface area contributed by atoms with Crippen molar-refractivity contribution >= 4 is 81.6 Å². The number of carbonyl (C=O) groups excluding carboxylic acids is 10. The van der Waals surface area contributed by atoms with Gasteiger partial charge in [0.15, 0.2) is 13.2 Å². The van der Waals surface area contributed by atoms with Gasteiger partial charge in [-0.15, -0.1) is 0 Å². The molecule has 0 aliphatic heterocycles. The Morgan fingerprint density at radius 3 is 1.12 bits per heavy atom. The minimum atomic E-state index is -0.831. The van der Waals surface area contributed by atoms with Crippen molar-refractivity contribution in [1.82, 2.24) is 53.5 Å². The Morgan fingerprint density at radius 2 is 0.849 bits per heavy atom. The number of halogens is 1. The topological polar surface area (TPSA) is 396 Å². The number of rotatable bonds is 25. The van der Waals surface area contributed by atoms with Crippen molar-refractivity contribution in [3.05, 3.63) is 0 Å². The lowest BCUT2D eigenvalue weighted by molar-refractivity contribution is -0.130. The average molecular weight is 1120 g/mol. The summed E-state index contributed by atoms with van der Waals surface area (Å²) in [4.78, 5) is 124. The van der Waals surface area contributed by atoms with Gasteiger partial charge in [0.2, 0.25) is 41.4 Å². The van der Waals surface area contributed by atoms with Crippen LogP contribution >= 0.6 is 15.9 Å². The van der Waals surface area contributed by atoms with E-state index in [9.17, 15) is 47.9 Å². The number of ether oxygens (including phenoxy) is 2. The first-order valence-electron chi connectivity index (χ1n) is 23.3. The summed E-state index contributed by atoms with van der Waals surface area (Å²) in [6.07, 6.45) is 2.90. The first-order chi connectivity index (χ1) is 33.9. The van der Waals surface area contributed by atoms with Gasteiger partial charge in [0.1, 0.15) is 17.8 Å². The molecule has 0 saturated heterocycles. The number of nitrogens with zero attached hydrogens (tertiary/aromatic N) is 1. The average Bonchev–Trinajstić information content (AvgIpc) is 3.32. The van der Waals surface area contributed by atoms with Crippen molar-refractivity contribution in [2.45, 2.75) is 141 Å². The zero-order valence-electron chi connectivity index (χ0n) is 45.3. The Balaban J connectivity index is -0.000000270. The molecule has 0 aliphatic rings. The third-order valence-corrected chi connectivity index (χ3v) is 8.90. The van der Waals surface area contributed by atoms with Gasteiger partial charge in [-0.2, -0.15) is 5.48 Å². The molecule has 0 aliphatic carbocycles. The van der Waals surface area contributed by atoms with E-state index in [4.69, 9.17) is 9.94 Å². The van der Waals surface area contributed by atoms with Crippen LogP contribution in [0.1, 0.15) is 130 Å². The monoisotopic (exact) mass is 1120 g/mol. The van der Waals surface area contributed by atoms with Crippen LogP contribution in [-0.4, -0.2) is 134 Å². The minimum absolute atomic E-state index is 0.000808. The van der Waals surface area contributed by atoms with Crippen LogP contribution in [0.4, 0.5) is 9.59 Å². The molecule has 0 fully saturated rings. The minimum Gasteiger partial charge on any atom is -0.442 e. The molecule has 0 aromatic heterocycles. The number of alkyl halides is 1. The standard InChI is InChI=1S/C13H25N3O5.C10H19N3O3.C8H15BrN2O2.C8H17N3O3.C5H11NO3/c1-6-9(2)11(18)15-8-14-10(17)7-20-16-12(19)21-13(3,4)5;1-4-8(3)10(15)12-7-11-9(14)6-16-13-5-2;1-3-6(2)8(13)11-5-10-7(12)4-9;1-3-6(2)8(13)11-5-10-7(12)4-14-9;1-5(2,3)9-4(7)6-8/h9H,6-8H2,1-5H3,(H,14,17)(H,15,18)(H,16,19);5,8H,4,6-7H2,1-3H3,(H,11,14)(H,12,15);6H,3-5H2,1-2H3,(H,10,12)(H,11,13);6H,3-5,9H2,1-2H3,(H,10,12)(H,11,13);8H,1-3H3,(H,6,7)/b;13-5+;;;. The lowest BCUT2D eigenvalue weighted by Gasteiger charge is -2.19. The SMILES string of the molecule is C/C=N/OCC(=O)NCNC(=O)C(C)CC.CC(C)(C)OC(=O)NO.CCC(C)C(=O)NCNC(=O)CBr.CCC(C)C(=O)NCNC(=O)CON.CCC(C)C(=O)NCNC(=O)CONC(=O)OC(C)(C)C. The molecule has 426 valence electrons. The first kappa shape index (κ1) is 76.0. The van der Waals surface area contributed by atoms with E-state index in [-0.39, 0.29) is 117 Å². The fourth-order valence-electron chi connectivity index (χ4n) is 3.56. The summed E-state index contributed by atoms with van der Waals surface area (Å²) in [7, 11) is 0. The lowest BCUT2D eigenvalue weighted by Crippen LogP contribution is -2.42. The summed E-state index contributed by atoms with van der Waals surface area (Å²) in [5, 5.41) is 31.8. The fraction of sp³-hybridized carbons (Fsp3) is 0.750. The van der Waals surface area contributed by atoms with E-state index >= 15 is 0 Å². The molecule has 10 amide bonds. The zero-order valence-corrected chi connectivity index (χ0v) is 46.9. The van der Waals surface area contributed by atoms with Gasteiger partial charge in [-0.1, -0.05) is 76.5 Å². The second-order valence-electron chi connectivity index (χ2n) is 17.1. The highest BCUT2D eigenvalue weighted by Gasteiger charge is 2.18. The highest BCUT2D eigenvalue weighted by molar-refractivity contribution is 9.09. The molecule has 4 unspecified atom stereocenters. The van der Waals surface area contributed by atoms with E-state index in [1.165, 1.54) is 11.7 Å². The molecule has 0 spiro atoms. The van der Waals surface area contributed by atoms with Gasteiger partial charge >= 0.3 is 12.2 Å². The second-order valence-corrected chi connectivity index (χ2v) is 17.7. The quantitative estimate of drug-likeness (QED) is 0.0203. The number of hydrogen-bond donors (Lipinski definition) is 12. The van der Waals surface area contributed by atoms with Gasteiger partial charge in [0, 0.05) is 29.9 Å². The molecule has 73 heavy (non-hydrogen) atoms. The van der Waals surface area contributed by atoms with Gasteiger partial charge in [-0.3, -0.25) is 53.2 Å². The highest BCUT2D eigenvalue weighted by atomic mass is 79.9. The molecule has 0 aromatic carbocycles. The van der Waals surface area contributed by atoms with Crippen LogP contribution in [0, 0.1) is 23.7 Å². The predicted octanol–water partition coefficient (Wildman–Crippen LogP) is 1.55. The van der Waals surface area contributed by atoms with Crippen molar-refractivity contribution in [3.63, 3.8) is 0 Å². The Hall–Kier alpha value is -5.91. The highest BCUT2D eigenvalue weighted by Crippen LogP contribution is 2.07. The molecule has 0 radical (unpaired) electrons.